The number of nitrogens with zero attached hydrogens (tertiary/aromatic N) is 3. The number of hydrogen-bond acceptors (Lipinski definition) is 4. The van der Waals surface area contributed by atoms with Gasteiger partial charge in [0.25, 0.3) is 5.91 Å². The van der Waals surface area contributed by atoms with Gasteiger partial charge in [0.2, 0.25) is 5.91 Å². The minimum Gasteiger partial charge on any atom is -0.368 e. The van der Waals surface area contributed by atoms with Gasteiger partial charge in [-0.3, -0.25) is 9.59 Å². The smallest absolute Gasteiger partial charge is 0.254 e. The SMILES string of the molecule is CCCc1nc(C)cc(-c2ccc(C(=O)N3CCCC3C(N)=O)cc2)n1. The standard InChI is InChI=1S/C20H24N4O2/c1-3-5-18-22-13(2)12-16(23-18)14-7-9-15(10-8-14)20(26)24-11-4-6-17(24)19(21)25/h7-10,12,17H,3-6,11H2,1-2H3,(H2,21,25). The summed E-state index contributed by atoms with van der Waals surface area (Å²) in [6.45, 7) is 4.63. The van der Waals surface area contributed by atoms with Gasteiger partial charge in [-0.1, -0.05) is 19.1 Å². The van der Waals surface area contributed by atoms with Crippen LogP contribution in [0.15, 0.2) is 30.3 Å². The van der Waals surface area contributed by atoms with Crippen LogP contribution in [-0.2, 0) is 11.2 Å². The lowest BCUT2D eigenvalue weighted by Gasteiger charge is -2.22. The van der Waals surface area contributed by atoms with Crippen molar-refractivity contribution in [2.45, 2.75) is 45.6 Å². The van der Waals surface area contributed by atoms with Crippen molar-refractivity contribution in [1.82, 2.24) is 14.9 Å². The minimum atomic E-state index is -0.497. The fraction of sp³-hybridized carbons (Fsp3) is 0.400. The van der Waals surface area contributed by atoms with Crippen molar-refractivity contribution in [2.75, 3.05) is 6.54 Å². The number of carbonyl (C=O) groups is 2. The second-order valence-corrected chi connectivity index (χ2v) is 6.70. The highest BCUT2D eigenvalue weighted by Crippen LogP contribution is 2.23. The molecule has 2 N–H and O–H groups in total. The molecule has 1 aliphatic rings. The second-order valence-electron chi connectivity index (χ2n) is 6.70. The summed E-state index contributed by atoms with van der Waals surface area (Å²) in [7, 11) is 0. The Morgan fingerprint density at radius 3 is 2.62 bits per heavy atom. The van der Waals surface area contributed by atoms with Crippen molar-refractivity contribution >= 4 is 11.8 Å². The van der Waals surface area contributed by atoms with Crippen LogP contribution in [0.1, 0.15) is 48.1 Å². The first-order chi connectivity index (χ1) is 12.5. The molecule has 1 aromatic heterocycles. The summed E-state index contributed by atoms with van der Waals surface area (Å²) in [4.78, 5) is 34.9. The van der Waals surface area contributed by atoms with Gasteiger partial charge in [0, 0.05) is 29.8 Å². The minimum absolute atomic E-state index is 0.150. The Morgan fingerprint density at radius 1 is 1.23 bits per heavy atom. The van der Waals surface area contributed by atoms with Crippen LogP contribution in [0.5, 0.6) is 0 Å². The molecule has 0 aliphatic carbocycles. The molecule has 2 heterocycles. The lowest BCUT2D eigenvalue weighted by Crippen LogP contribution is -2.43. The fourth-order valence-electron chi connectivity index (χ4n) is 3.37. The third-order valence-corrected chi connectivity index (χ3v) is 4.64. The topological polar surface area (TPSA) is 89.2 Å². The number of nitrogens with two attached hydrogens (primary N) is 1. The van der Waals surface area contributed by atoms with Gasteiger partial charge in [0.15, 0.2) is 0 Å². The van der Waals surface area contributed by atoms with Crippen LogP contribution < -0.4 is 5.73 Å². The molecule has 0 saturated carbocycles. The average Bonchev–Trinajstić information content (AvgIpc) is 3.11. The summed E-state index contributed by atoms with van der Waals surface area (Å²) in [5, 5.41) is 0. The lowest BCUT2D eigenvalue weighted by molar-refractivity contribution is -0.121. The molecule has 6 heteroatoms. The summed E-state index contributed by atoms with van der Waals surface area (Å²) in [5.41, 5.74) is 8.70. The van der Waals surface area contributed by atoms with Crippen LogP contribution in [0, 0.1) is 6.92 Å². The number of amides is 2. The number of aryl methyl sites for hydroxylation is 2. The van der Waals surface area contributed by atoms with E-state index in [2.05, 4.69) is 16.9 Å². The molecule has 1 saturated heterocycles. The number of benzene rings is 1. The maximum atomic E-state index is 12.7. The van der Waals surface area contributed by atoms with Crippen LogP contribution in [0.3, 0.4) is 0 Å². The maximum Gasteiger partial charge on any atom is 0.254 e. The van der Waals surface area contributed by atoms with E-state index in [1.54, 1.807) is 17.0 Å². The fourth-order valence-corrected chi connectivity index (χ4v) is 3.37. The molecule has 0 spiro atoms. The number of carbonyl (C=O) groups excluding carboxylic acids is 2. The zero-order valence-corrected chi connectivity index (χ0v) is 15.2. The van der Waals surface area contributed by atoms with E-state index in [0.717, 1.165) is 42.0 Å². The van der Waals surface area contributed by atoms with E-state index in [1.165, 1.54) is 0 Å². The molecule has 136 valence electrons. The molecule has 6 nitrogen and oxygen atoms in total. The number of likely N-dealkylation sites (tertiary alicyclic amines) is 1. The highest BCUT2D eigenvalue weighted by Gasteiger charge is 2.33. The number of aromatic nitrogens is 2. The van der Waals surface area contributed by atoms with Gasteiger partial charge in [0.05, 0.1) is 5.69 Å². The van der Waals surface area contributed by atoms with E-state index < -0.39 is 11.9 Å². The summed E-state index contributed by atoms with van der Waals surface area (Å²) < 4.78 is 0. The summed E-state index contributed by atoms with van der Waals surface area (Å²) >= 11 is 0. The molecule has 1 atom stereocenters. The first-order valence-electron chi connectivity index (χ1n) is 9.05. The lowest BCUT2D eigenvalue weighted by atomic mass is 10.1. The molecule has 2 amide bonds. The van der Waals surface area contributed by atoms with E-state index in [1.807, 2.05) is 25.1 Å². The first kappa shape index (κ1) is 18.0. The molecule has 0 bridgehead atoms. The van der Waals surface area contributed by atoms with E-state index in [0.29, 0.717) is 18.5 Å². The van der Waals surface area contributed by atoms with Crippen LogP contribution in [-0.4, -0.2) is 39.3 Å². The predicted octanol–water partition coefficient (Wildman–Crippen LogP) is 2.49. The second kappa shape index (κ2) is 7.64. The Morgan fingerprint density at radius 2 is 1.96 bits per heavy atom. The maximum absolute atomic E-state index is 12.7. The van der Waals surface area contributed by atoms with Crippen molar-refractivity contribution < 1.29 is 9.59 Å². The monoisotopic (exact) mass is 352 g/mol. The number of hydrogen-bond donors (Lipinski definition) is 1. The summed E-state index contributed by atoms with van der Waals surface area (Å²) in [5.74, 6) is 0.250. The van der Waals surface area contributed by atoms with Gasteiger partial charge in [0.1, 0.15) is 11.9 Å². The molecule has 1 unspecified atom stereocenters. The molecule has 1 aromatic carbocycles. The van der Waals surface area contributed by atoms with Gasteiger partial charge in [-0.25, -0.2) is 9.97 Å². The molecule has 1 aliphatic heterocycles. The van der Waals surface area contributed by atoms with Crippen molar-refractivity contribution in [2.24, 2.45) is 5.73 Å². The summed E-state index contributed by atoms with van der Waals surface area (Å²) in [6, 6.07) is 8.79. The van der Waals surface area contributed by atoms with E-state index in [4.69, 9.17) is 5.73 Å². The molecular weight excluding hydrogens is 328 g/mol. The van der Waals surface area contributed by atoms with Crippen molar-refractivity contribution in [3.8, 4) is 11.3 Å². The van der Waals surface area contributed by atoms with Gasteiger partial charge < -0.3 is 10.6 Å². The Kier molecular flexibility index (Phi) is 5.30. The molecule has 0 radical (unpaired) electrons. The third-order valence-electron chi connectivity index (χ3n) is 4.64. The van der Waals surface area contributed by atoms with Crippen molar-refractivity contribution in [3.63, 3.8) is 0 Å². The average molecular weight is 352 g/mol. The number of rotatable bonds is 5. The van der Waals surface area contributed by atoms with E-state index in [-0.39, 0.29) is 5.91 Å². The van der Waals surface area contributed by atoms with Crippen LogP contribution in [0.2, 0.25) is 0 Å². The van der Waals surface area contributed by atoms with Crippen LogP contribution >= 0.6 is 0 Å². The van der Waals surface area contributed by atoms with Gasteiger partial charge in [-0.2, -0.15) is 0 Å². The Bertz CT molecular complexity index is 817. The van der Waals surface area contributed by atoms with Gasteiger partial charge in [-0.05, 0) is 44.4 Å². The van der Waals surface area contributed by atoms with Crippen molar-refractivity contribution in [1.29, 1.82) is 0 Å². The quantitative estimate of drug-likeness (QED) is 0.895. The van der Waals surface area contributed by atoms with Gasteiger partial charge >= 0.3 is 0 Å². The molecule has 2 aromatic rings. The van der Waals surface area contributed by atoms with E-state index >= 15 is 0 Å². The van der Waals surface area contributed by atoms with Crippen molar-refractivity contribution in [3.05, 3.63) is 47.4 Å². The normalized spacial score (nSPS) is 16.7. The van der Waals surface area contributed by atoms with Crippen LogP contribution in [0.25, 0.3) is 11.3 Å². The summed E-state index contributed by atoms with van der Waals surface area (Å²) in [6.07, 6.45) is 3.28. The Labute approximate surface area is 153 Å². The zero-order chi connectivity index (χ0) is 18.7. The molecular formula is C20H24N4O2. The zero-order valence-electron chi connectivity index (χ0n) is 15.2. The Hall–Kier alpha value is -2.76. The molecule has 1 fully saturated rings. The number of primary amides is 1. The largest absolute Gasteiger partial charge is 0.368 e. The third kappa shape index (κ3) is 3.74. The predicted molar refractivity (Wildman–Crippen MR) is 99.5 cm³/mol. The van der Waals surface area contributed by atoms with E-state index in [9.17, 15) is 9.59 Å². The highest BCUT2D eigenvalue weighted by atomic mass is 16.2. The molecule has 26 heavy (non-hydrogen) atoms. The Balaban J connectivity index is 1.82. The van der Waals surface area contributed by atoms with Crippen LogP contribution in [0.4, 0.5) is 0 Å². The molecule has 3 rings (SSSR count). The highest BCUT2D eigenvalue weighted by molar-refractivity contribution is 5.98. The van der Waals surface area contributed by atoms with Gasteiger partial charge in [-0.15, -0.1) is 0 Å². The first-order valence-corrected chi connectivity index (χ1v) is 9.05.